The van der Waals surface area contributed by atoms with Gasteiger partial charge in [-0.1, -0.05) is 36.8 Å². The first-order chi connectivity index (χ1) is 11.2. The normalized spacial score (nSPS) is 16.9. The SMILES string of the molecule is Cn1ccnc1C(NC(=O)CN1CCCCC1)c1ccccc1. The zero-order valence-electron chi connectivity index (χ0n) is 13.6. The quantitative estimate of drug-likeness (QED) is 0.920. The molecule has 0 spiro atoms. The van der Waals surface area contributed by atoms with Crippen LogP contribution in [-0.2, 0) is 11.8 Å². The maximum absolute atomic E-state index is 12.5. The minimum absolute atomic E-state index is 0.0590. The lowest BCUT2D eigenvalue weighted by Crippen LogP contribution is -2.41. The Hall–Kier alpha value is -2.14. The third-order valence-electron chi connectivity index (χ3n) is 4.37. The van der Waals surface area contributed by atoms with E-state index in [0.29, 0.717) is 6.54 Å². The van der Waals surface area contributed by atoms with Gasteiger partial charge in [0.1, 0.15) is 11.9 Å². The smallest absolute Gasteiger partial charge is 0.235 e. The van der Waals surface area contributed by atoms with Gasteiger partial charge in [-0.2, -0.15) is 0 Å². The highest BCUT2D eigenvalue weighted by Gasteiger charge is 2.22. The van der Waals surface area contributed by atoms with Crippen molar-refractivity contribution in [1.82, 2.24) is 19.8 Å². The van der Waals surface area contributed by atoms with Crippen LogP contribution in [0.25, 0.3) is 0 Å². The van der Waals surface area contributed by atoms with Crippen LogP contribution in [0, 0.1) is 0 Å². The van der Waals surface area contributed by atoms with Crippen LogP contribution in [0.4, 0.5) is 0 Å². The summed E-state index contributed by atoms with van der Waals surface area (Å²) in [5.41, 5.74) is 1.05. The Morgan fingerprint density at radius 2 is 1.96 bits per heavy atom. The number of nitrogens with one attached hydrogen (secondary N) is 1. The fourth-order valence-corrected chi connectivity index (χ4v) is 3.12. The third-order valence-corrected chi connectivity index (χ3v) is 4.37. The van der Waals surface area contributed by atoms with Gasteiger partial charge in [0.15, 0.2) is 0 Å². The molecule has 23 heavy (non-hydrogen) atoms. The first-order valence-electron chi connectivity index (χ1n) is 8.28. The molecule has 1 aliphatic heterocycles. The molecule has 2 aromatic rings. The summed E-state index contributed by atoms with van der Waals surface area (Å²) in [5, 5.41) is 3.16. The summed E-state index contributed by atoms with van der Waals surface area (Å²) in [6.45, 7) is 2.51. The van der Waals surface area contributed by atoms with E-state index in [4.69, 9.17) is 0 Å². The molecule has 122 valence electrons. The number of rotatable bonds is 5. The van der Waals surface area contributed by atoms with Gasteiger partial charge < -0.3 is 9.88 Å². The van der Waals surface area contributed by atoms with E-state index in [1.807, 2.05) is 48.1 Å². The van der Waals surface area contributed by atoms with Gasteiger partial charge in [0.25, 0.3) is 0 Å². The van der Waals surface area contributed by atoms with Crippen molar-refractivity contribution < 1.29 is 4.79 Å². The van der Waals surface area contributed by atoms with Crippen LogP contribution in [0.15, 0.2) is 42.7 Å². The predicted molar refractivity (Wildman–Crippen MR) is 89.9 cm³/mol. The average Bonchev–Trinajstić information content (AvgIpc) is 3.00. The van der Waals surface area contributed by atoms with E-state index < -0.39 is 0 Å². The second-order valence-electron chi connectivity index (χ2n) is 6.14. The van der Waals surface area contributed by atoms with E-state index in [2.05, 4.69) is 15.2 Å². The number of aromatic nitrogens is 2. The standard InChI is InChI=1S/C18H24N4O/c1-21-13-10-19-18(21)17(15-8-4-2-5-9-15)20-16(23)14-22-11-6-3-7-12-22/h2,4-5,8-10,13,17H,3,6-7,11-12,14H2,1H3,(H,20,23). The largest absolute Gasteiger partial charge is 0.341 e. The molecule has 3 rings (SSSR count). The highest BCUT2D eigenvalue weighted by Crippen LogP contribution is 2.20. The molecular weight excluding hydrogens is 288 g/mol. The number of amides is 1. The van der Waals surface area contributed by atoms with Gasteiger partial charge in [0, 0.05) is 19.4 Å². The minimum atomic E-state index is -0.214. The Morgan fingerprint density at radius 1 is 1.22 bits per heavy atom. The molecule has 2 heterocycles. The summed E-state index contributed by atoms with van der Waals surface area (Å²) in [6.07, 6.45) is 7.33. The Kier molecular flexibility index (Phi) is 5.08. The van der Waals surface area contributed by atoms with Crippen LogP contribution in [0.5, 0.6) is 0 Å². The highest BCUT2D eigenvalue weighted by molar-refractivity contribution is 5.79. The van der Waals surface area contributed by atoms with Crippen LogP contribution < -0.4 is 5.32 Å². The van der Waals surface area contributed by atoms with Crippen molar-refractivity contribution in [1.29, 1.82) is 0 Å². The van der Waals surface area contributed by atoms with E-state index in [1.54, 1.807) is 6.20 Å². The number of aryl methyl sites for hydroxylation is 1. The number of nitrogens with zero attached hydrogens (tertiary/aromatic N) is 3. The van der Waals surface area contributed by atoms with E-state index in [9.17, 15) is 4.79 Å². The molecule has 1 aromatic carbocycles. The molecule has 0 saturated carbocycles. The van der Waals surface area contributed by atoms with Gasteiger partial charge in [-0.25, -0.2) is 4.98 Å². The summed E-state index contributed by atoms with van der Waals surface area (Å²) >= 11 is 0. The van der Waals surface area contributed by atoms with Crippen molar-refractivity contribution in [3.63, 3.8) is 0 Å². The van der Waals surface area contributed by atoms with Crippen LogP contribution in [0.3, 0.4) is 0 Å². The van der Waals surface area contributed by atoms with Crippen LogP contribution in [0.1, 0.15) is 36.7 Å². The molecular formula is C18H24N4O. The molecule has 0 radical (unpaired) electrons. The molecule has 1 saturated heterocycles. The van der Waals surface area contributed by atoms with Crippen LogP contribution in [0.2, 0.25) is 0 Å². The first-order valence-corrected chi connectivity index (χ1v) is 8.28. The molecule has 0 bridgehead atoms. The van der Waals surface area contributed by atoms with E-state index in [0.717, 1.165) is 24.5 Å². The number of likely N-dealkylation sites (tertiary alicyclic amines) is 1. The first kappa shape index (κ1) is 15.7. The topological polar surface area (TPSA) is 50.2 Å². The number of imidazole rings is 1. The molecule has 1 unspecified atom stereocenters. The summed E-state index contributed by atoms with van der Waals surface area (Å²) in [4.78, 5) is 19.2. The van der Waals surface area contributed by atoms with E-state index in [1.165, 1.54) is 19.3 Å². The van der Waals surface area contributed by atoms with Crippen molar-refractivity contribution in [2.24, 2.45) is 7.05 Å². The van der Waals surface area contributed by atoms with Gasteiger partial charge in [-0.15, -0.1) is 0 Å². The fraction of sp³-hybridized carbons (Fsp3) is 0.444. The number of carbonyl (C=O) groups excluding carboxylic acids is 1. The van der Waals surface area contributed by atoms with E-state index in [-0.39, 0.29) is 11.9 Å². The maximum atomic E-state index is 12.5. The summed E-state index contributed by atoms with van der Waals surface area (Å²) in [7, 11) is 1.95. The van der Waals surface area contributed by atoms with Crippen molar-refractivity contribution in [3.05, 3.63) is 54.1 Å². The van der Waals surface area contributed by atoms with Crippen LogP contribution >= 0.6 is 0 Å². The maximum Gasteiger partial charge on any atom is 0.235 e. The second-order valence-corrected chi connectivity index (χ2v) is 6.14. The lowest BCUT2D eigenvalue weighted by Gasteiger charge is -2.27. The summed E-state index contributed by atoms with van der Waals surface area (Å²) in [5.74, 6) is 0.909. The molecule has 5 nitrogen and oxygen atoms in total. The van der Waals surface area contributed by atoms with Gasteiger partial charge in [-0.05, 0) is 31.5 Å². The Bertz CT molecular complexity index is 631. The number of hydrogen-bond acceptors (Lipinski definition) is 3. The van der Waals surface area contributed by atoms with Gasteiger partial charge in [0.05, 0.1) is 6.54 Å². The van der Waals surface area contributed by atoms with Crippen molar-refractivity contribution >= 4 is 5.91 Å². The van der Waals surface area contributed by atoms with Crippen molar-refractivity contribution in [3.8, 4) is 0 Å². The Labute approximate surface area is 137 Å². The predicted octanol–water partition coefficient (Wildman–Crippen LogP) is 2.11. The minimum Gasteiger partial charge on any atom is -0.341 e. The lowest BCUT2D eigenvalue weighted by atomic mass is 10.1. The average molecular weight is 312 g/mol. The number of carbonyl (C=O) groups is 1. The summed E-state index contributed by atoms with van der Waals surface area (Å²) < 4.78 is 1.96. The number of hydrogen-bond donors (Lipinski definition) is 1. The monoisotopic (exact) mass is 312 g/mol. The number of benzene rings is 1. The van der Waals surface area contributed by atoms with E-state index >= 15 is 0 Å². The fourth-order valence-electron chi connectivity index (χ4n) is 3.12. The lowest BCUT2D eigenvalue weighted by molar-refractivity contribution is -0.123. The molecule has 1 fully saturated rings. The van der Waals surface area contributed by atoms with Gasteiger partial charge in [-0.3, -0.25) is 9.69 Å². The summed E-state index contributed by atoms with van der Waals surface area (Å²) in [6, 6.07) is 9.80. The molecule has 1 aromatic heterocycles. The Morgan fingerprint density at radius 3 is 2.61 bits per heavy atom. The molecule has 1 aliphatic rings. The molecule has 1 amide bonds. The zero-order chi connectivity index (χ0) is 16.1. The van der Waals surface area contributed by atoms with Crippen molar-refractivity contribution in [2.75, 3.05) is 19.6 Å². The molecule has 5 heteroatoms. The molecule has 0 aliphatic carbocycles. The van der Waals surface area contributed by atoms with Gasteiger partial charge >= 0.3 is 0 Å². The molecule has 1 N–H and O–H groups in total. The Balaban J connectivity index is 1.74. The van der Waals surface area contributed by atoms with Crippen LogP contribution in [-0.4, -0.2) is 40.0 Å². The molecule has 1 atom stereocenters. The highest BCUT2D eigenvalue weighted by atomic mass is 16.2. The number of piperidine rings is 1. The van der Waals surface area contributed by atoms with Gasteiger partial charge in [0.2, 0.25) is 5.91 Å². The zero-order valence-corrected chi connectivity index (χ0v) is 13.6. The van der Waals surface area contributed by atoms with Crippen molar-refractivity contribution in [2.45, 2.75) is 25.3 Å². The third kappa shape index (κ3) is 3.99. The second kappa shape index (κ2) is 7.42.